The minimum atomic E-state index is -0.923. The predicted octanol–water partition coefficient (Wildman–Crippen LogP) is 3.27. The van der Waals surface area contributed by atoms with Gasteiger partial charge in [0.1, 0.15) is 12.7 Å². The Balaban J connectivity index is 2.03. The molecule has 9 nitrogen and oxygen atoms in total. The Morgan fingerprint density at radius 3 is 1.89 bits per heavy atom. The molecule has 0 spiro atoms. The minimum Gasteiger partial charge on any atom is -0.330 e. The predicted molar refractivity (Wildman–Crippen MR) is 96.5 cm³/mol. The summed E-state index contributed by atoms with van der Waals surface area (Å²) in [5, 5.41) is 20.2. The van der Waals surface area contributed by atoms with Crippen LogP contribution in [0.2, 0.25) is 0 Å². The molecule has 0 amide bonds. The van der Waals surface area contributed by atoms with Gasteiger partial charge in [0.25, 0.3) is 10.2 Å². The van der Waals surface area contributed by atoms with Crippen LogP contribution in [0, 0.1) is 41.9 Å². The van der Waals surface area contributed by atoms with Gasteiger partial charge in [-0.3, -0.25) is 0 Å². The summed E-state index contributed by atoms with van der Waals surface area (Å²) in [4.78, 5) is 31.6. The van der Waals surface area contributed by atoms with E-state index in [4.69, 9.17) is 10.6 Å². The van der Waals surface area contributed by atoms with Crippen LogP contribution in [-0.4, -0.2) is 29.4 Å². The van der Waals surface area contributed by atoms with Crippen molar-refractivity contribution in [2.45, 2.75) is 77.7 Å². The van der Waals surface area contributed by atoms with E-state index in [0.717, 1.165) is 57.8 Å². The first-order chi connectivity index (χ1) is 12.7. The molecule has 4 saturated carbocycles. The molecule has 2 N–H and O–H groups in total. The number of hydrogen-bond acceptors (Lipinski definition) is 7. The summed E-state index contributed by atoms with van der Waals surface area (Å²) in [6.07, 6.45) is 7.69. The monoisotopic (exact) mass is 385 g/mol. The van der Waals surface area contributed by atoms with Gasteiger partial charge in [0, 0.05) is 5.41 Å². The summed E-state index contributed by atoms with van der Waals surface area (Å²) in [5.41, 5.74) is 5.74. The quantitative estimate of drug-likeness (QED) is 0.451. The zero-order valence-corrected chi connectivity index (χ0v) is 16.3. The van der Waals surface area contributed by atoms with Crippen molar-refractivity contribution in [1.29, 1.82) is 0 Å². The van der Waals surface area contributed by atoms with E-state index in [1.165, 1.54) is 0 Å². The fourth-order valence-electron chi connectivity index (χ4n) is 7.59. The fraction of sp³-hybridized carbons (Fsp3) is 1.00. The maximum absolute atomic E-state index is 11.2. The van der Waals surface area contributed by atoms with Crippen molar-refractivity contribution in [2.75, 3.05) is 13.2 Å². The molecule has 9 heteroatoms. The molecule has 4 bridgehead atoms. The molecule has 27 heavy (non-hydrogen) atoms. The van der Waals surface area contributed by atoms with Gasteiger partial charge in [-0.1, -0.05) is 26.7 Å². The lowest BCUT2D eigenvalue weighted by Gasteiger charge is -2.72. The summed E-state index contributed by atoms with van der Waals surface area (Å²) < 4.78 is 0. The van der Waals surface area contributed by atoms with Gasteiger partial charge >= 0.3 is 0 Å². The first-order valence-corrected chi connectivity index (χ1v) is 9.94. The average molecular weight is 385 g/mol. The number of rotatable bonds is 10. The van der Waals surface area contributed by atoms with Crippen molar-refractivity contribution in [3.8, 4) is 0 Å². The van der Waals surface area contributed by atoms with Crippen molar-refractivity contribution in [3.05, 3.63) is 20.2 Å². The molecule has 0 aliphatic heterocycles. The number of nitrogens with zero attached hydrogens (tertiary/aromatic N) is 2. The lowest BCUT2D eigenvalue weighted by atomic mass is 9.33. The van der Waals surface area contributed by atoms with Gasteiger partial charge in [-0.15, -0.1) is 20.2 Å². The molecule has 0 aromatic carbocycles. The second kappa shape index (κ2) is 6.76. The minimum absolute atomic E-state index is 0.0440. The Kier molecular flexibility index (Phi) is 5.03. The van der Waals surface area contributed by atoms with Crippen LogP contribution in [0.4, 0.5) is 0 Å². The Morgan fingerprint density at radius 2 is 1.44 bits per heavy atom. The van der Waals surface area contributed by atoms with E-state index in [9.17, 15) is 20.2 Å². The van der Waals surface area contributed by atoms with E-state index < -0.39 is 28.3 Å². The molecule has 3 unspecified atom stereocenters. The molecular formula is C18H31N3O6. The molecule has 0 aromatic rings. The number of hydrogen-bond donors (Lipinski definition) is 1. The highest BCUT2D eigenvalue weighted by Crippen LogP contribution is 2.76. The molecule has 4 aliphatic rings. The van der Waals surface area contributed by atoms with Gasteiger partial charge in [-0.05, 0) is 67.7 Å². The lowest BCUT2D eigenvalue weighted by molar-refractivity contribution is -0.794. The molecule has 0 radical (unpaired) electrons. The normalized spacial score (nSPS) is 40.6. The van der Waals surface area contributed by atoms with E-state index in [1.54, 1.807) is 0 Å². The highest BCUT2D eigenvalue weighted by Gasteiger charge is 2.68. The zero-order chi connectivity index (χ0) is 19.9. The fourth-order valence-corrected chi connectivity index (χ4v) is 7.59. The van der Waals surface area contributed by atoms with Crippen LogP contribution in [0.25, 0.3) is 0 Å². The third kappa shape index (κ3) is 3.46. The molecule has 4 fully saturated rings. The number of nitrogens with two attached hydrogens (primary N) is 1. The van der Waals surface area contributed by atoms with Gasteiger partial charge in [0.15, 0.2) is 0 Å². The molecule has 154 valence electrons. The van der Waals surface area contributed by atoms with Crippen LogP contribution in [0.1, 0.15) is 71.6 Å². The Bertz CT molecular complexity index is 592. The van der Waals surface area contributed by atoms with Crippen LogP contribution in [-0.2, 0) is 9.68 Å². The van der Waals surface area contributed by atoms with Gasteiger partial charge < -0.3 is 15.4 Å². The van der Waals surface area contributed by atoms with Crippen LogP contribution >= 0.6 is 0 Å². The van der Waals surface area contributed by atoms with Crippen molar-refractivity contribution >= 4 is 0 Å². The standard InChI is InChI=1S/C18H31N3O6/c1-3-15-8-16(4-2)10-17(9-15,5-6-19)13-18(11-15,12-16)14(27-21(24)25)7-26-20(22)23/h14H,3-13,19H2,1-2H3. The molecule has 4 aliphatic carbocycles. The SMILES string of the molecule is CCC12CC3(CC)CC(CCN)(C1)CC(C(CO[N+](=O)[O-])O[N+](=O)[O-])(C2)C3. The summed E-state index contributed by atoms with van der Waals surface area (Å²) in [5.74, 6) is 0. The summed E-state index contributed by atoms with van der Waals surface area (Å²) in [7, 11) is 0. The van der Waals surface area contributed by atoms with Gasteiger partial charge in [0.2, 0.25) is 0 Å². The van der Waals surface area contributed by atoms with Crippen LogP contribution in [0.3, 0.4) is 0 Å². The van der Waals surface area contributed by atoms with Crippen LogP contribution in [0.5, 0.6) is 0 Å². The Hall–Kier alpha value is -1.64. The maximum Gasteiger partial charge on any atom is 0.294 e. The first kappa shape index (κ1) is 20.1. The molecule has 0 heterocycles. The molecular weight excluding hydrogens is 354 g/mol. The van der Waals surface area contributed by atoms with Gasteiger partial charge in [-0.2, -0.15) is 0 Å². The zero-order valence-electron chi connectivity index (χ0n) is 16.3. The topological polar surface area (TPSA) is 131 Å². The van der Waals surface area contributed by atoms with E-state index in [0.29, 0.717) is 6.54 Å². The maximum atomic E-state index is 11.2. The molecule has 0 saturated heterocycles. The van der Waals surface area contributed by atoms with E-state index in [2.05, 4.69) is 18.7 Å². The van der Waals surface area contributed by atoms with E-state index >= 15 is 0 Å². The highest BCUT2D eigenvalue weighted by atomic mass is 17.0. The smallest absolute Gasteiger partial charge is 0.294 e. The first-order valence-electron chi connectivity index (χ1n) is 9.94. The van der Waals surface area contributed by atoms with Crippen molar-refractivity contribution < 1.29 is 19.8 Å². The summed E-state index contributed by atoms with van der Waals surface area (Å²) in [6.45, 7) is 4.57. The van der Waals surface area contributed by atoms with E-state index in [-0.39, 0.29) is 16.2 Å². The average Bonchev–Trinajstić information content (AvgIpc) is 2.57. The third-order valence-corrected chi connectivity index (χ3v) is 7.83. The largest absolute Gasteiger partial charge is 0.330 e. The third-order valence-electron chi connectivity index (χ3n) is 7.83. The highest BCUT2D eigenvalue weighted by molar-refractivity contribution is 5.18. The second-order valence-electron chi connectivity index (χ2n) is 9.51. The van der Waals surface area contributed by atoms with Crippen molar-refractivity contribution in [2.24, 2.45) is 27.4 Å². The molecule has 0 aromatic heterocycles. The second-order valence-corrected chi connectivity index (χ2v) is 9.51. The summed E-state index contributed by atoms with van der Waals surface area (Å²) in [6, 6.07) is 0. The van der Waals surface area contributed by atoms with Crippen molar-refractivity contribution in [3.63, 3.8) is 0 Å². The van der Waals surface area contributed by atoms with Gasteiger partial charge in [-0.25, -0.2) is 0 Å². The molecule has 3 atom stereocenters. The van der Waals surface area contributed by atoms with E-state index in [1.807, 2.05) is 0 Å². The Labute approximate surface area is 159 Å². The van der Waals surface area contributed by atoms with Crippen molar-refractivity contribution in [1.82, 2.24) is 0 Å². The van der Waals surface area contributed by atoms with Gasteiger partial charge in [0.05, 0.1) is 0 Å². The van der Waals surface area contributed by atoms with Crippen LogP contribution in [0.15, 0.2) is 0 Å². The molecule has 4 rings (SSSR count). The summed E-state index contributed by atoms with van der Waals surface area (Å²) >= 11 is 0. The lowest BCUT2D eigenvalue weighted by Crippen LogP contribution is -2.65. The Morgan fingerprint density at radius 1 is 0.926 bits per heavy atom. The van der Waals surface area contributed by atoms with Crippen LogP contribution < -0.4 is 5.73 Å².